The topological polar surface area (TPSA) is 46.6 Å². The van der Waals surface area contributed by atoms with Crippen molar-refractivity contribution in [2.24, 2.45) is 11.8 Å². The molecule has 0 N–H and O–H groups in total. The minimum Gasteiger partial charge on any atom is -0.493 e. The van der Waals surface area contributed by atoms with Crippen LogP contribution in [-0.4, -0.2) is 23.3 Å². The number of hydrogen-bond acceptors (Lipinski definition) is 3. The lowest BCUT2D eigenvalue weighted by molar-refractivity contribution is -0.140. The second kappa shape index (κ2) is 4.88. The summed E-state index contributed by atoms with van der Waals surface area (Å²) >= 11 is 3.48. The Labute approximate surface area is 126 Å². The lowest BCUT2D eigenvalue weighted by Crippen LogP contribution is -2.30. The van der Waals surface area contributed by atoms with E-state index in [-0.39, 0.29) is 23.7 Å². The molecule has 2 amide bonds. The normalized spacial score (nSPS) is 25.1. The summed E-state index contributed by atoms with van der Waals surface area (Å²) in [5.41, 5.74) is 2.03. The molecule has 20 heavy (non-hydrogen) atoms. The lowest BCUT2D eigenvalue weighted by atomic mass is 10.00. The Morgan fingerprint density at radius 3 is 2.55 bits per heavy atom. The Morgan fingerprint density at radius 1 is 1.25 bits per heavy atom. The standard InChI is InChI=1S/C15H16BrNO3/c1-8-9(2)15(19)17(14(8)18)7-11-6-12(16)5-10-3-4-20-13(10)11/h5-6,8-9H,3-4,7H2,1-2H3. The highest BCUT2D eigenvalue weighted by molar-refractivity contribution is 9.10. The summed E-state index contributed by atoms with van der Waals surface area (Å²) in [4.78, 5) is 25.7. The number of nitrogens with zero attached hydrogens (tertiary/aromatic N) is 1. The van der Waals surface area contributed by atoms with Crippen molar-refractivity contribution in [1.29, 1.82) is 0 Å². The van der Waals surface area contributed by atoms with Gasteiger partial charge in [-0.1, -0.05) is 29.8 Å². The van der Waals surface area contributed by atoms with Crippen LogP contribution < -0.4 is 4.74 Å². The van der Waals surface area contributed by atoms with Gasteiger partial charge in [-0.05, 0) is 17.7 Å². The number of carbonyl (C=O) groups excluding carboxylic acids is 2. The molecule has 0 aromatic heterocycles. The van der Waals surface area contributed by atoms with Gasteiger partial charge in [0.1, 0.15) is 5.75 Å². The van der Waals surface area contributed by atoms with Crippen LogP contribution in [0.4, 0.5) is 0 Å². The van der Waals surface area contributed by atoms with Crippen LogP contribution in [0.25, 0.3) is 0 Å². The third-order valence-corrected chi connectivity index (χ3v) is 4.67. The molecular weight excluding hydrogens is 322 g/mol. The number of imide groups is 1. The van der Waals surface area contributed by atoms with Crippen molar-refractivity contribution in [3.05, 3.63) is 27.7 Å². The second-order valence-corrected chi connectivity index (χ2v) is 6.41. The Bertz CT molecular complexity index is 579. The maximum atomic E-state index is 12.2. The first kappa shape index (κ1) is 13.6. The number of carbonyl (C=O) groups is 2. The fourth-order valence-corrected chi connectivity index (χ4v) is 3.37. The highest BCUT2D eigenvalue weighted by Crippen LogP contribution is 2.35. The summed E-state index contributed by atoms with van der Waals surface area (Å²) in [5.74, 6) is 0.191. The first-order chi connectivity index (χ1) is 9.49. The van der Waals surface area contributed by atoms with E-state index in [0.717, 1.165) is 27.8 Å². The Balaban J connectivity index is 1.93. The van der Waals surface area contributed by atoms with Gasteiger partial charge in [0.2, 0.25) is 11.8 Å². The van der Waals surface area contributed by atoms with Crippen molar-refractivity contribution in [2.45, 2.75) is 26.8 Å². The highest BCUT2D eigenvalue weighted by atomic mass is 79.9. The van der Waals surface area contributed by atoms with Crippen LogP contribution in [0.5, 0.6) is 5.75 Å². The smallest absolute Gasteiger partial charge is 0.233 e. The molecule has 1 aromatic carbocycles. The van der Waals surface area contributed by atoms with Gasteiger partial charge < -0.3 is 4.74 Å². The Kier molecular flexibility index (Phi) is 3.32. The zero-order valence-corrected chi connectivity index (χ0v) is 13.1. The Morgan fingerprint density at radius 2 is 1.90 bits per heavy atom. The molecule has 2 heterocycles. The molecule has 3 rings (SSSR count). The molecule has 2 aliphatic heterocycles. The van der Waals surface area contributed by atoms with E-state index in [9.17, 15) is 9.59 Å². The van der Waals surface area contributed by atoms with Crippen LogP contribution in [0.15, 0.2) is 16.6 Å². The summed E-state index contributed by atoms with van der Waals surface area (Å²) in [6.45, 7) is 4.58. The van der Waals surface area contributed by atoms with Crippen molar-refractivity contribution >= 4 is 27.7 Å². The van der Waals surface area contributed by atoms with Crippen LogP contribution in [0.3, 0.4) is 0 Å². The number of amides is 2. The zero-order valence-electron chi connectivity index (χ0n) is 11.5. The molecule has 0 saturated carbocycles. The fourth-order valence-electron chi connectivity index (χ4n) is 2.82. The summed E-state index contributed by atoms with van der Waals surface area (Å²) in [6, 6.07) is 3.96. The maximum absolute atomic E-state index is 12.2. The summed E-state index contributed by atoms with van der Waals surface area (Å²) < 4.78 is 6.60. The molecule has 4 nitrogen and oxygen atoms in total. The van der Waals surface area contributed by atoms with E-state index < -0.39 is 0 Å². The van der Waals surface area contributed by atoms with E-state index in [1.165, 1.54) is 4.90 Å². The largest absolute Gasteiger partial charge is 0.493 e. The van der Waals surface area contributed by atoms with Crippen molar-refractivity contribution in [1.82, 2.24) is 4.90 Å². The zero-order chi connectivity index (χ0) is 14.4. The second-order valence-electron chi connectivity index (χ2n) is 5.49. The SMILES string of the molecule is CC1C(=O)N(Cc2cc(Br)cc3c2OCC3)C(=O)C1C. The number of rotatable bonds is 2. The quantitative estimate of drug-likeness (QED) is 0.779. The molecule has 2 aliphatic rings. The number of likely N-dealkylation sites (tertiary alicyclic amines) is 1. The minimum absolute atomic E-state index is 0.0887. The molecule has 1 aromatic rings. The Hall–Kier alpha value is -1.36. The molecule has 2 unspecified atom stereocenters. The molecule has 0 aliphatic carbocycles. The highest BCUT2D eigenvalue weighted by Gasteiger charge is 2.42. The molecule has 0 radical (unpaired) electrons. The first-order valence-corrected chi connectivity index (χ1v) is 7.57. The van der Waals surface area contributed by atoms with Crippen LogP contribution in [0.1, 0.15) is 25.0 Å². The first-order valence-electron chi connectivity index (χ1n) is 6.78. The molecule has 2 atom stereocenters. The number of ether oxygens (including phenoxy) is 1. The molecule has 106 valence electrons. The van der Waals surface area contributed by atoms with Gasteiger partial charge in [-0.25, -0.2) is 0 Å². The molecular formula is C15H16BrNO3. The maximum Gasteiger partial charge on any atom is 0.233 e. The average molecular weight is 338 g/mol. The molecule has 0 spiro atoms. The van der Waals surface area contributed by atoms with Gasteiger partial charge in [-0.2, -0.15) is 0 Å². The predicted octanol–water partition coefficient (Wildman–Crippen LogP) is 2.53. The summed E-state index contributed by atoms with van der Waals surface area (Å²) in [6.07, 6.45) is 0.871. The number of benzene rings is 1. The van der Waals surface area contributed by atoms with Gasteiger partial charge in [0.05, 0.1) is 13.2 Å². The van der Waals surface area contributed by atoms with Crippen molar-refractivity contribution in [3.8, 4) is 5.75 Å². The van der Waals surface area contributed by atoms with Crippen LogP contribution in [0.2, 0.25) is 0 Å². The van der Waals surface area contributed by atoms with E-state index in [1.54, 1.807) is 0 Å². The molecule has 1 fully saturated rings. The van der Waals surface area contributed by atoms with Crippen LogP contribution in [0, 0.1) is 11.8 Å². The fraction of sp³-hybridized carbons (Fsp3) is 0.467. The lowest BCUT2D eigenvalue weighted by Gasteiger charge is -2.17. The summed E-state index contributed by atoms with van der Waals surface area (Å²) in [5, 5.41) is 0. The average Bonchev–Trinajstić information content (AvgIpc) is 2.94. The van der Waals surface area contributed by atoms with Gasteiger partial charge in [0.25, 0.3) is 0 Å². The van der Waals surface area contributed by atoms with E-state index in [4.69, 9.17) is 4.74 Å². The third kappa shape index (κ3) is 2.04. The van der Waals surface area contributed by atoms with E-state index >= 15 is 0 Å². The van der Waals surface area contributed by atoms with Gasteiger partial charge in [0.15, 0.2) is 0 Å². The van der Waals surface area contributed by atoms with E-state index in [1.807, 2.05) is 26.0 Å². The summed E-state index contributed by atoms with van der Waals surface area (Å²) in [7, 11) is 0. The third-order valence-electron chi connectivity index (χ3n) is 4.21. The van der Waals surface area contributed by atoms with Crippen LogP contribution >= 0.6 is 15.9 Å². The molecule has 5 heteroatoms. The molecule has 1 saturated heterocycles. The van der Waals surface area contributed by atoms with Gasteiger partial charge in [0, 0.05) is 28.3 Å². The monoisotopic (exact) mass is 337 g/mol. The predicted molar refractivity (Wildman–Crippen MR) is 77.2 cm³/mol. The number of fused-ring (bicyclic) bond motifs is 1. The van der Waals surface area contributed by atoms with Crippen molar-refractivity contribution in [2.75, 3.05) is 6.61 Å². The number of halogens is 1. The van der Waals surface area contributed by atoms with Crippen molar-refractivity contribution < 1.29 is 14.3 Å². The van der Waals surface area contributed by atoms with Gasteiger partial charge in [-0.15, -0.1) is 0 Å². The minimum atomic E-state index is -0.233. The van der Waals surface area contributed by atoms with Crippen LogP contribution in [-0.2, 0) is 22.6 Å². The van der Waals surface area contributed by atoms with Gasteiger partial charge >= 0.3 is 0 Å². The van der Waals surface area contributed by atoms with Crippen molar-refractivity contribution in [3.63, 3.8) is 0 Å². The van der Waals surface area contributed by atoms with E-state index in [0.29, 0.717) is 13.2 Å². The number of hydrogen-bond donors (Lipinski definition) is 0. The molecule has 0 bridgehead atoms. The van der Waals surface area contributed by atoms with E-state index in [2.05, 4.69) is 15.9 Å². The van der Waals surface area contributed by atoms with Gasteiger partial charge in [-0.3, -0.25) is 14.5 Å².